The van der Waals surface area contributed by atoms with Crippen LogP contribution in [0.25, 0.3) is 32.9 Å². The molecule has 2 nitrogen and oxygen atoms in total. The van der Waals surface area contributed by atoms with Crippen LogP contribution < -0.4 is 0 Å². The fourth-order valence-corrected chi connectivity index (χ4v) is 2.85. The van der Waals surface area contributed by atoms with Crippen molar-refractivity contribution in [1.29, 1.82) is 0 Å². The van der Waals surface area contributed by atoms with Gasteiger partial charge in [0, 0.05) is 16.3 Å². The van der Waals surface area contributed by atoms with Crippen molar-refractivity contribution in [1.82, 2.24) is 9.97 Å². The van der Waals surface area contributed by atoms with Crippen LogP contribution in [0.2, 0.25) is 0 Å². The van der Waals surface area contributed by atoms with Gasteiger partial charge in [0.15, 0.2) is 0 Å². The van der Waals surface area contributed by atoms with E-state index in [0.717, 1.165) is 16.6 Å². The molecule has 0 aliphatic heterocycles. The Morgan fingerprint density at radius 2 is 1.52 bits per heavy atom. The van der Waals surface area contributed by atoms with Crippen molar-refractivity contribution >= 4 is 21.7 Å². The van der Waals surface area contributed by atoms with Crippen LogP contribution in [-0.2, 0) is 0 Å². The standard InChI is InChI=1S/C19H14N2/c1-13-6-2-4-8-15(13)18-17-11-10-14-7-3-5-9-16(14)19(17)21-12-20-18/h2-12H,1H3. The molecule has 0 radical (unpaired) electrons. The number of hydrogen-bond donors (Lipinski definition) is 0. The zero-order chi connectivity index (χ0) is 14.2. The summed E-state index contributed by atoms with van der Waals surface area (Å²) < 4.78 is 0. The van der Waals surface area contributed by atoms with Gasteiger partial charge in [-0.25, -0.2) is 9.97 Å². The van der Waals surface area contributed by atoms with E-state index in [4.69, 9.17) is 0 Å². The molecule has 4 rings (SSSR count). The van der Waals surface area contributed by atoms with Gasteiger partial charge in [0.1, 0.15) is 6.33 Å². The molecule has 100 valence electrons. The van der Waals surface area contributed by atoms with Crippen LogP contribution in [-0.4, -0.2) is 9.97 Å². The molecule has 0 fully saturated rings. The predicted octanol–water partition coefficient (Wildman–Crippen LogP) is 4.76. The lowest BCUT2D eigenvalue weighted by atomic mass is 9.99. The second-order valence-corrected chi connectivity index (χ2v) is 5.22. The fourth-order valence-electron chi connectivity index (χ4n) is 2.85. The van der Waals surface area contributed by atoms with Crippen LogP contribution in [0.4, 0.5) is 0 Å². The molecule has 21 heavy (non-hydrogen) atoms. The van der Waals surface area contributed by atoms with E-state index in [9.17, 15) is 0 Å². The first-order valence-electron chi connectivity index (χ1n) is 7.03. The average molecular weight is 270 g/mol. The Kier molecular flexibility index (Phi) is 2.68. The zero-order valence-corrected chi connectivity index (χ0v) is 11.7. The second kappa shape index (κ2) is 4.67. The third-order valence-corrected chi connectivity index (χ3v) is 3.93. The molecule has 2 heteroatoms. The van der Waals surface area contributed by atoms with Gasteiger partial charge >= 0.3 is 0 Å². The summed E-state index contributed by atoms with van der Waals surface area (Å²) in [6, 6.07) is 20.9. The maximum atomic E-state index is 4.53. The van der Waals surface area contributed by atoms with Crippen molar-refractivity contribution in [2.24, 2.45) is 0 Å². The van der Waals surface area contributed by atoms with Gasteiger partial charge in [-0.1, -0.05) is 54.6 Å². The van der Waals surface area contributed by atoms with Gasteiger partial charge in [-0.2, -0.15) is 0 Å². The molecule has 0 saturated heterocycles. The van der Waals surface area contributed by atoms with Gasteiger partial charge in [0.05, 0.1) is 11.2 Å². The predicted molar refractivity (Wildman–Crippen MR) is 87.2 cm³/mol. The molecule has 0 aliphatic rings. The van der Waals surface area contributed by atoms with Gasteiger partial charge in [0.2, 0.25) is 0 Å². The third kappa shape index (κ3) is 1.88. The van der Waals surface area contributed by atoms with Crippen LogP contribution in [0.1, 0.15) is 5.56 Å². The number of aromatic nitrogens is 2. The fraction of sp³-hybridized carbons (Fsp3) is 0.0526. The first-order valence-corrected chi connectivity index (χ1v) is 7.03. The highest BCUT2D eigenvalue weighted by Crippen LogP contribution is 2.31. The molecule has 0 bridgehead atoms. The summed E-state index contributed by atoms with van der Waals surface area (Å²) in [4.78, 5) is 9.05. The average Bonchev–Trinajstić information content (AvgIpc) is 2.55. The van der Waals surface area contributed by atoms with Crippen LogP contribution in [0.5, 0.6) is 0 Å². The Hall–Kier alpha value is -2.74. The largest absolute Gasteiger partial charge is 0.236 e. The van der Waals surface area contributed by atoms with E-state index in [1.165, 1.54) is 21.9 Å². The molecule has 0 aliphatic carbocycles. The van der Waals surface area contributed by atoms with Crippen LogP contribution in [0.3, 0.4) is 0 Å². The van der Waals surface area contributed by atoms with Crippen molar-refractivity contribution in [3.8, 4) is 11.3 Å². The van der Waals surface area contributed by atoms with E-state index >= 15 is 0 Å². The SMILES string of the molecule is Cc1ccccc1-c1ncnc2c1ccc1ccccc12. The lowest BCUT2D eigenvalue weighted by molar-refractivity contribution is 1.22. The molecule has 0 N–H and O–H groups in total. The normalized spacial score (nSPS) is 11.1. The minimum Gasteiger partial charge on any atom is -0.236 e. The highest BCUT2D eigenvalue weighted by molar-refractivity contribution is 6.09. The van der Waals surface area contributed by atoms with Crippen molar-refractivity contribution in [3.05, 3.63) is 72.6 Å². The van der Waals surface area contributed by atoms with Gasteiger partial charge in [0.25, 0.3) is 0 Å². The van der Waals surface area contributed by atoms with Crippen molar-refractivity contribution in [2.75, 3.05) is 0 Å². The monoisotopic (exact) mass is 270 g/mol. The van der Waals surface area contributed by atoms with Crippen molar-refractivity contribution < 1.29 is 0 Å². The molecule has 0 unspecified atom stereocenters. The number of hydrogen-bond acceptors (Lipinski definition) is 2. The number of nitrogens with zero attached hydrogens (tertiary/aromatic N) is 2. The van der Waals surface area contributed by atoms with E-state index in [1.54, 1.807) is 6.33 Å². The topological polar surface area (TPSA) is 25.8 Å². The van der Waals surface area contributed by atoms with E-state index in [0.29, 0.717) is 0 Å². The highest BCUT2D eigenvalue weighted by atomic mass is 14.8. The van der Waals surface area contributed by atoms with E-state index < -0.39 is 0 Å². The van der Waals surface area contributed by atoms with Crippen LogP contribution in [0.15, 0.2) is 67.0 Å². The molecule has 1 aromatic heterocycles. The highest BCUT2D eigenvalue weighted by Gasteiger charge is 2.10. The smallest absolute Gasteiger partial charge is 0.116 e. The molecule has 0 saturated carbocycles. The number of fused-ring (bicyclic) bond motifs is 3. The molecule has 1 heterocycles. The van der Waals surface area contributed by atoms with E-state index in [1.807, 2.05) is 0 Å². The zero-order valence-electron chi connectivity index (χ0n) is 11.7. The van der Waals surface area contributed by atoms with Gasteiger partial charge in [-0.15, -0.1) is 0 Å². The number of benzene rings is 3. The van der Waals surface area contributed by atoms with Crippen molar-refractivity contribution in [2.45, 2.75) is 6.92 Å². The van der Waals surface area contributed by atoms with Crippen LogP contribution >= 0.6 is 0 Å². The van der Waals surface area contributed by atoms with Gasteiger partial charge in [-0.05, 0) is 23.9 Å². The Bertz CT molecular complexity index is 958. The molecule has 4 aromatic rings. The molecule has 0 amide bonds. The quantitative estimate of drug-likeness (QED) is 0.466. The first kappa shape index (κ1) is 12.0. The van der Waals surface area contributed by atoms with Gasteiger partial charge < -0.3 is 0 Å². The lowest BCUT2D eigenvalue weighted by Gasteiger charge is -2.09. The lowest BCUT2D eigenvalue weighted by Crippen LogP contribution is -1.91. The summed E-state index contributed by atoms with van der Waals surface area (Å²) in [5, 5.41) is 3.48. The first-order chi connectivity index (χ1) is 10.3. The third-order valence-electron chi connectivity index (χ3n) is 3.93. The number of aryl methyl sites for hydroxylation is 1. The summed E-state index contributed by atoms with van der Waals surface area (Å²) in [7, 11) is 0. The Morgan fingerprint density at radius 3 is 2.43 bits per heavy atom. The maximum Gasteiger partial charge on any atom is 0.116 e. The van der Waals surface area contributed by atoms with E-state index in [2.05, 4.69) is 77.6 Å². The van der Waals surface area contributed by atoms with E-state index in [-0.39, 0.29) is 0 Å². The summed E-state index contributed by atoms with van der Waals surface area (Å²) in [6.07, 6.45) is 1.66. The Balaban J connectivity index is 2.12. The number of rotatable bonds is 1. The minimum atomic E-state index is 1.00. The molecule has 3 aromatic carbocycles. The summed E-state index contributed by atoms with van der Waals surface area (Å²) in [5.41, 5.74) is 4.41. The molecule has 0 atom stereocenters. The molecule has 0 spiro atoms. The Labute approximate surface area is 123 Å². The maximum absolute atomic E-state index is 4.53. The van der Waals surface area contributed by atoms with Crippen LogP contribution in [0, 0.1) is 6.92 Å². The minimum absolute atomic E-state index is 1.00. The molecular weight excluding hydrogens is 256 g/mol. The van der Waals surface area contributed by atoms with Gasteiger partial charge in [-0.3, -0.25) is 0 Å². The summed E-state index contributed by atoms with van der Waals surface area (Å²) in [6.45, 7) is 2.12. The molecular formula is C19H14N2. The summed E-state index contributed by atoms with van der Waals surface area (Å²) in [5.74, 6) is 0. The van der Waals surface area contributed by atoms with Crippen molar-refractivity contribution in [3.63, 3.8) is 0 Å². The Morgan fingerprint density at radius 1 is 0.714 bits per heavy atom. The second-order valence-electron chi connectivity index (χ2n) is 5.22. The summed E-state index contributed by atoms with van der Waals surface area (Å²) >= 11 is 0.